The molecule has 0 radical (unpaired) electrons. The summed E-state index contributed by atoms with van der Waals surface area (Å²) in [6.07, 6.45) is 11.3. The summed E-state index contributed by atoms with van der Waals surface area (Å²) in [7, 11) is 1.55. The van der Waals surface area contributed by atoms with Gasteiger partial charge in [-0.05, 0) is 43.0 Å². The quantitative estimate of drug-likeness (QED) is 0.258. The van der Waals surface area contributed by atoms with E-state index in [2.05, 4.69) is 30.8 Å². The maximum Gasteiger partial charge on any atom is 0.319 e. The summed E-state index contributed by atoms with van der Waals surface area (Å²) in [6.45, 7) is 1.52. The van der Waals surface area contributed by atoms with Gasteiger partial charge in [-0.3, -0.25) is 14.5 Å². The minimum atomic E-state index is -0.946. The van der Waals surface area contributed by atoms with Crippen molar-refractivity contribution < 1.29 is 27.8 Å². The molecule has 0 bridgehead atoms. The monoisotopic (exact) mass is 600 g/mol. The number of phenolic OH excluding ortho intramolecular Hbond substituents is 1. The number of phenols is 1. The first kappa shape index (κ1) is 28.1. The van der Waals surface area contributed by atoms with E-state index in [4.69, 9.17) is 15.9 Å². The molecule has 2 atom stereocenters. The van der Waals surface area contributed by atoms with E-state index in [0.717, 1.165) is 19.4 Å². The van der Waals surface area contributed by atoms with Gasteiger partial charge in [0.05, 0.1) is 28.8 Å². The van der Waals surface area contributed by atoms with Crippen molar-refractivity contribution in [3.63, 3.8) is 0 Å². The lowest BCUT2D eigenvalue weighted by molar-refractivity contribution is 0.107. The van der Waals surface area contributed by atoms with E-state index in [1.165, 1.54) is 36.8 Å². The molecule has 5 aromatic rings. The molecule has 12 heteroatoms. The Hall–Kier alpha value is -4.73. The minimum absolute atomic E-state index is 0.0848. The standard InChI is InChI=1S/C32H27F3N6O3/c1-3-22-25(34)6-5-18-9-21(42)10-23(26(18)22)28-27(35)29-24(12-36-28)30(40-14-20(15-43-2)37-17-40)39-31(38-29)44-16-32-7-4-8-41(32)13-19(33)11-32/h1,5-6,9-10,12,14,17,19,42H,4,7-8,11,13,15-16H2,2H3/t19-,32+/m1/s1. The van der Waals surface area contributed by atoms with E-state index in [0.29, 0.717) is 24.0 Å². The fraction of sp³-hybridized carbons (Fsp3) is 0.312. The van der Waals surface area contributed by atoms with Gasteiger partial charge in [0.2, 0.25) is 0 Å². The van der Waals surface area contributed by atoms with Gasteiger partial charge in [0.1, 0.15) is 41.9 Å². The maximum atomic E-state index is 16.6. The van der Waals surface area contributed by atoms with Gasteiger partial charge in [-0.25, -0.2) is 18.2 Å². The molecule has 0 aliphatic carbocycles. The Kier molecular flexibility index (Phi) is 6.87. The highest BCUT2D eigenvalue weighted by Crippen LogP contribution is 2.41. The normalized spacial score (nSPS) is 19.9. The van der Waals surface area contributed by atoms with E-state index in [1.807, 2.05) is 0 Å². The van der Waals surface area contributed by atoms with Crippen LogP contribution in [-0.4, -0.2) is 73.0 Å². The lowest BCUT2D eigenvalue weighted by Gasteiger charge is -2.30. The van der Waals surface area contributed by atoms with Crippen LogP contribution in [0, 0.1) is 24.0 Å². The Morgan fingerprint density at radius 1 is 1.20 bits per heavy atom. The summed E-state index contributed by atoms with van der Waals surface area (Å²) in [5, 5.41) is 11.4. The number of alkyl halides is 1. The summed E-state index contributed by atoms with van der Waals surface area (Å²) in [5.41, 5.74) is -0.168. The molecule has 0 saturated carbocycles. The second-order valence-corrected chi connectivity index (χ2v) is 11.2. The number of imidazole rings is 1. The van der Waals surface area contributed by atoms with Crippen LogP contribution in [0.15, 0.2) is 43.0 Å². The SMILES string of the molecule is C#Cc1c(F)ccc2cc(O)cc(-c3ncc4c(-n5cnc(COC)c5)nc(OC[C@@]56CCCN5C[C@H](F)C6)nc4c3F)c12. The summed E-state index contributed by atoms with van der Waals surface area (Å²) >= 11 is 0. The summed E-state index contributed by atoms with van der Waals surface area (Å²) < 4.78 is 58.7. The topological polar surface area (TPSA) is 98.4 Å². The number of terminal acetylenes is 1. The van der Waals surface area contributed by atoms with Crippen molar-refractivity contribution in [3.8, 4) is 41.2 Å². The molecule has 7 rings (SSSR count). The number of ether oxygens (including phenoxy) is 2. The van der Waals surface area contributed by atoms with Crippen LogP contribution in [0.1, 0.15) is 30.5 Å². The lowest BCUT2D eigenvalue weighted by atomic mass is 9.95. The summed E-state index contributed by atoms with van der Waals surface area (Å²) in [6, 6.07) is 5.24. The Morgan fingerprint density at radius 3 is 2.89 bits per heavy atom. The van der Waals surface area contributed by atoms with Gasteiger partial charge in [0, 0.05) is 43.4 Å². The third kappa shape index (κ3) is 4.60. The number of aromatic nitrogens is 5. The van der Waals surface area contributed by atoms with Crippen LogP contribution in [0.25, 0.3) is 38.8 Å². The van der Waals surface area contributed by atoms with E-state index in [9.17, 15) is 13.9 Å². The number of methoxy groups -OCH3 is 1. The van der Waals surface area contributed by atoms with Gasteiger partial charge >= 0.3 is 6.01 Å². The third-order valence-corrected chi connectivity index (χ3v) is 8.50. The number of nitrogens with zero attached hydrogens (tertiary/aromatic N) is 6. The molecule has 5 heterocycles. The average Bonchev–Trinajstić information content (AvgIpc) is 3.70. The molecule has 224 valence electrons. The Morgan fingerprint density at radius 2 is 2.07 bits per heavy atom. The van der Waals surface area contributed by atoms with E-state index >= 15 is 4.39 Å². The first-order valence-corrected chi connectivity index (χ1v) is 14.1. The Labute approximate surface area is 250 Å². The van der Waals surface area contributed by atoms with Crippen LogP contribution in [0.4, 0.5) is 13.2 Å². The predicted octanol–water partition coefficient (Wildman–Crippen LogP) is 5.10. The van der Waals surface area contributed by atoms with Crippen molar-refractivity contribution in [2.75, 3.05) is 26.8 Å². The highest BCUT2D eigenvalue weighted by Gasteiger charge is 2.49. The van der Waals surface area contributed by atoms with Crippen molar-refractivity contribution in [2.45, 2.75) is 37.6 Å². The van der Waals surface area contributed by atoms with Gasteiger partial charge in [0.25, 0.3) is 0 Å². The van der Waals surface area contributed by atoms with Crippen molar-refractivity contribution in [3.05, 3.63) is 65.9 Å². The highest BCUT2D eigenvalue weighted by molar-refractivity contribution is 6.02. The molecule has 0 amide bonds. The van der Waals surface area contributed by atoms with Crippen molar-refractivity contribution in [1.29, 1.82) is 0 Å². The number of rotatable bonds is 7. The van der Waals surface area contributed by atoms with Gasteiger partial charge in [-0.1, -0.05) is 12.0 Å². The number of fused-ring (bicyclic) bond motifs is 3. The molecule has 0 spiro atoms. The Balaban J connectivity index is 1.40. The van der Waals surface area contributed by atoms with Crippen LogP contribution in [0.2, 0.25) is 0 Å². The van der Waals surface area contributed by atoms with Gasteiger partial charge in [0.15, 0.2) is 11.6 Å². The first-order chi connectivity index (χ1) is 21.3. The molecule has 2 saturated heterocycles. The van der Waals surface area contributed by atoms with E-state index in [-0.39, 0.29) is 63.9 Å². The van der Waals surface area contributed by atoms with Crippen LogP contribution in [0.5, 0.6) is 11.8 Å². The lowest BCUT2D eigenvalue weighted by Crippen LogP contribution is -2.43. The molecule has 0 unspecified atom stereocenters. The number of hydrogen-bond acceptors (Lipinski definition) is 8. The number of benzene rings is 2. The zero-order valence-electron chi connectivity index (χ0n) is 23.7. The highest BCUT2D eigenvalue weighted by atomic mass is 19.1. The molecule has 2 aromatic carbocycles. The number of pyridine rings is 1. The fourth-order valence-electron chi connectivity index (χ4n) is 6.57. The van der Waals surface area contributed by atoms with Crippen LogP contribution >= 0.6 is 0 Å². The summed E-state index contributed by atoms with van der Waals surface area (Å²) in [5.74, 6) is 0.901. The van der Waals surface area contributed by atoms with Crippen LogP contribution < -0.4 is 4.74 Å². The van der Waals surface area contributed by atoms with Crippen LogP contribution in [0.3, 0.4) is 0 Å². The van der Waals surface area contributed by atoms with Gasteiger partial charge < -0.3 is 14.6 Å². The Bertz CT molecular complexity index is 1980. The molecule has 1 N–H and O–H groups in total. The number of aromatic hydroxyl groups is 1. The zero-order valence-corrected chi connectivity index (χ0v) is 23.7. The molecule has 3 aromatic heterocycles. The minimum Gasteiger partial charge on any atom is -0.508 e. The van der Waals surface area contributed by atoms with Crippen LogP contribution in [-0.2, 0) is 11.3 Å². The van der Waals surface area contributed by atoms with Crippen molar-refractivity contribution >= 4 is 21.7 Å². The van der Waals surface area contributed by atoms with Crippen molar-refractivity contribution in [2.24, 2.45) is 0 Å². The maximum absolute atomic E-state index is 16.6. The largest absolute Gasteiger partial charge is 0.508 e. The van der Waals surface area contributed by atoms with Gasteiger partial charge in [-0.15, -0.1) is 6.42 Å². The molecular formula is C32H27F3N6O3. The van der Waals surface area contributed by atoms with E-state index < -0.39 is 23.3 Å². The molecule has 9 nitrogen and oxygen atoms in total. The number of hydrogen-bond donors (Lipinski definition) is 1. The molecule has 2 aliphatic heterocycles. The average molecular weight is 601 g/mol. The smallest absolute Gasteiger partial charge is 0.319 e. The molecular weight excluding hydrogens is 573 g/mol. The summed E-state index contributed by atoms with van der Waals surface area (Å²) in [4.78, 5) is 19.9. The molecule has 2 fully saturated rings. The fourth-order valence-corrected chi connectivity index (χ4v) is 6.57. The molecule has 44 heavy (non-hydrogen) atoms. The zero-order chi connectivity index (χ0) is 30.6. The second-order valence-electron chi connectivity index (χ2n) is 11.2. The third-order valence-electron chi connectivity index (χ3n) is 8.50. The van der Waals surface area contributed by atoms with Crippen molar-refractivity contribution in [1.82, 2.24) is 29.4 Å². The first-order valence-electron chi connectivity index (χ1n) is 14.1. The van der Waals surface area contributed by atoms with E-state index in [1.54, 1.807) is 17.9 Å². The predicted molar refractivity (Wildman–Crippen MR) is 156 cm³/mol. The van der Waals surface area contributed by atoms with Gasteiger partial charge in [-0.2, -0.15) is 9.97 Å². The second kappa shape index (κ2) is 10.8. The number of halogens is 3. The molecule has 2 aliphatic rings.